The molecule has 24 heavy (non-hydrogen) atoms. The van der Waals surface area contributed by atoms with E-state index in [0.717, 1.165) is 11.8 Å². The molecule has 2 aliphatic rings. The molecule has 0 radical (unpaired) electrons. The Morgan fingerprint density at radius 1 is 1.33 bits per heavy atom. The predicted molar refractivity (Wildman–Crippen MR) is 96.8 cm³/mol. The Kier molecular flexibility index (Phi) is 6.01. The number of hydrogen-bond donors (Lipinski definition) is 1. The zero-order valence-electron chi connectivity index (χ0n) is 13.5. The number of ether oxygens (including phenoxy) is 1. The molecular formula is C18H22Cl2N2O2. The van der Waals surface area contributed by atoms with E-state index in [1.54, 1.807) is 18.2 Å². The average Bonchev–Trinajstić information content (AvgIpc) is 3.16. The minimum absolute atomic E-state index is 0.0831. The monoisotopic (exact) mass is 368 g/mol. The Bertz CT molecular complexity index is 621. The number of benzene rings is 1. The van der Waals surface area contributed by atoms with Crippen LogP contribution in [0.4, 0.5) is 0 Å². The Morgan fingerprint density at radius 3 is 2.92 bits per heavy atom. The Balaban J connectivity index is 1.31. The van der Waals surface area contributed by atoms with E-state index in [2.05, 4.69) is 10.5 Å². The fourth-order valence-electron chi connectivity index (χ4n) is 3.74. The molecule has 3 atom stereocenters. The smallest absolute Gasteiger partial charge is 0.240 e. The van der Waals surface area contributed by atoms with Crippen LogP contribution in [-0.2, 0) is 4.79 Å². The minimum atomic E-state index is -0.0831. The van der Waals surface area contributed by atoms with E-state index in [4.69, 9.17) is 27.9 Å². The maximum absolute atomic E-state index is 11.8. The topological polar surface area (TPSA) is 50.7 Å². The SMILES string of the molecule is O=C(CCCOc1ccc(Cl)cc1Cl)NN=CC1CC2CCC1C2. The molecule has 4 nitrogen and oxygen atoms in total. The zero-order chi connectivity index (χ0) is 16.9. The third kappa shape index (κ3) is 4.64. The van der Waals surface area contributed by atoms with Crippen LogP contribution in [0.3, 0.4) is 0 Å². The summed E-state index contributed by atoms with van der Waals surface area (Å²) in [5, 5.41) is 5.18. The van der Waals surface area contributed by atoms with Gasteiger partial charge in [-0.2, -0.15) is 5.10 Å². The molecule has 3 unspecified atom stereocenters. The molecule has 6 heteroatoms. The molecule has 0 aromatic heterocycles. The van der Waals surface area contributed by atoms with Crippen LogP contribution in [0.25, 0.3) is 0 Å². The van der Waals surface area contributed by atoms with E-state index in [1.807, 2.05) is 6.21 Å². The lowest BCUT2D eigenvalue weighted by Gasteiger charge is -2.16. The molecule has 130 valence electrons. The van der Waals surface area contributed by atoms with Gasteiger partial charge < -0.3 is 4.74 Å². The normalized spacial score (nSPS) is 25.3. The first-order valence-electron chi connectivity index (χ1n) is 8.51. The van der Waals surface area contributed by atoms with E-state index in [-0.39, 0.29) is 5.91 Å². The molecule has 2 fully saturated rings. The van der Waals surface area contributed by atoms with E-state index in [1.165, 1.54) is 25.7 Å². The van der Waals surface area contributed by atoms with Gasteiger partial charge in [0.05, 0.1) is 11.6 Å². The standard InChI is InChI=1S/C18H22Cl2N2O2/c19-15-5-6-17(16(20)10-15)24-7-1-2-18(23)22-21-11-14-9-12-3-4-13(14)8-12/h5-6,10-14H,1-4,7-9H2,(H,22,23). The summed E-state index contributed by atoms with van der Waals surface area (Å²) < 4.78 is 5.55. The largest absolute Gasteiger partial charge is 0.492 e. The number of carbonyl (C=O) groups excluding carboxylic acids is 1. The predicted octanol–water partition coefficient (Wildman–Crippen LogP) is 4.69. The molecule has 1 aromatic rings. The number of carbonyl (C=O) groups is 1. The molecule has 0 saturated heterocycles. The van der Waals surface area contributed by atoms with Crippen LogP contribution >= 0.6 is 23.2 Å². The molecule has 1 N–H and O–H groups in total. The maximum atomic E-state index is 11.8. The molecular weight excluding hydrogens is 347 g/mol. The number of halogens is 2. The van der Waals surface area contributed by atoms with Crippen molar-refractivity contribution in [3.8, 4) is 5.75 Å². The number of fused-ring (bicyclic) bond motifs is 2. The van der Waals surface area contributed by atoms with Crippen molar-refractivity contribution in [2.75, 3.05) is 6.61 Å². The number of rotatable bonds is 7. The zero-order valence-corrected chi connectivity index (χ0v) is 15.0. The Hall–Kier alpha value is -1.26. The summed E-state index contributed by atoms with van der Waals surface area (Å²) in [6.45, 7) is 0.421. The number of amides is 1. The summed E-state index contributed by atoms with van der Waals surface area (Å²) >= 11 is 11.9. The van der Waals surface area contributed by atoms with Gasteiger partial charge in [-0.3, -0.25) is 4.79 Å². The van der Waals surface area contributed by atoms with Gasteiger partial charge in [0.15, 0.2) is 0 Å². The second-order valence-electron chi connectivity index (χ2n) is 6.68. The van der Waals surface area contributed by atoms with Crippen LogP contribution in [0.5, 0.6) is 5.75 Å². The molecule has 0 aliphatic heterocycles. The molecule has 2 bridgehead atoms. The fourth-order valence-corrected chi connectivity index (χ4v) is 4.21. The van der Waals surface area contributed by atoms with Crippen molar-refractivity contribution in [1.29, 1.82) is 0 Å². The highest BCUT2D eigenvalue weighted by molar-refractivity contribution is 6.35. The van der Waals surface area contributed by atoms with Crippen LogP contribution in [-0.4, -0.2) is 18.7 Å². The van der Waals surface area contributed by atoms with Crippen molar-refractivity contribution in [1.82, 2.24) is 5.43 Å². The van der Waals surface area contributed by atoms with Gasteiger partial charge in [0.2, 0.25) is 5.91 Å². The van der Waals surface area contributed by atoms with Gasteiger partial charge in [-0.1, -0.05) is 29.6 Å². The van der Waals surface area contributed by atoms with Crippen molar-refractivity contribution >= 4 is 35.3 Å². The van der Waals surface area contributed by atoms with Gasteiger partial charge >= 0.3 is 0 Å². The first-order valence-corrected chi connectivity index (χ1v) is 9.27. The van der Waals surface area contributed by atoms with Crippen LogP contribution in [0.15, 0.2) is 23.3 Å². The highest BCUT2D eigenvalue weighted by Crippen LogP contribution is 2.47. The molecule has 0 spiro atoms. The maximum Gasteiger partial charge on any atom is 0.240 e. The highest BCUT2D eigenvalue weighted by Gasteiger charge is 2.38. The van der Waals surface area contributed by atoms with E-state index < -0.39 is 0 Å². The number of hydrazone groups is 1. The third-order valence-corrected chi connectivity index (χ3v) is 5.48. The molecule has 1 aromatic carbocycles. The van der Waals surface area contributed by atoms with Crippen molar-refractivity contribution in [3.63, 3.8) is 0 Å². The van der Waals surface area contributed by atoms with Gasteiger partial charge in [0.25, 0.3) is 0 Å². The van der Waals surface area contributed by atoms with Gasteiger partial charge in [-0.05, 0) is 61.6 Å². The Labute approximate surface area is 152 Å². The van der Waals surface area contributed by atoms with Crippen LogP contribution in [0, 0.1) is 17.8 Å². The number of nitrogens with zero attached hydrogens (tertiary/aromatic N) is 1. The summed E-state index contributed by atoms with van der Waals surface area (Å²) in [5.41, 5.74) is 2.62. The lowest BCUT2D eigenvalue weighted by atomic mass is 9.90. The summed E-state index contributed by atoms with van der Waals surface area (Å²) in [4.78, 5) is 11.8. The van der Waals surface area contributed by atoms with Crippen molar-refractivity contribution in [3.05, 3.63) is 28.2 Å². The molecule has 3 rings (SSSR count). The number of nitrogens with one attached hydrogen (secondary N) is 1. The van der Waals surface area contributed by atoms with Gasteiger partial charge in [-0.15, -0.1) is 0 Å². The van der Waals surface area contributed by atoms with Crippen molar-refractivity contribution in [2.45, 2.75) is 38.5 Å². The average molecular weight is 369 g/mol. The second kappa shape index (κ2) is 8.21. The summed E-state index contributed by atoms with van der Waals surface area (Å²) in [6, 6.07) is 5.08. The summed E-state index contributed by atoms with van der Waals surface area (Å²) in [7, 11) is 0. The molecule has 0 heterocycles. The van der Waals surface area contributed by atoms with Gasteiger partial charge in [0.1, 0.15) is 5.75 Å². The molecule has 2 aliphatic carbocycles. The lowest BCUT2D eigenvalue weighted by molar-refractivity contribution is -0.121. The quantitative estimate of drug-likeness (QED) is 0.431. The van der Waals surface area contributed by atoms with Crippen molar-refractivity contribution in [2.24, 2.45) is 22.9 Å². The number of hydrogen-bond acceptors (Lipinski definition) is 3. The van der Waals surface area contributed by atoms with Crippen LogP contribution < -0.4 is 10.2 Å². The summed E-state index contributed by atoms with van der Waals surface area (Å²) in [5.74, 6) is 2.72. The van der Waals surface area contributed by atoms with E-state index in [9.17, 15) is 4.79 Å². The minimum Gasteiger partial charge on any atom is -0.492 e. The lowest BCUT2D eigenvalue weighted by Crippen LogP contribution is -2.20. The van der Waals surface area contributed by atoms with E-state index >= 15 is 0 Å². The van der Waals surface area contributed by atoms with E-state index in [0.29, 0.717) is 41.2 Å². The summed E-state index contributed by atoms with van der Waals surface area (Å²) in [6.07, 6.45) is 8.19. The van der Waals surface area contributed by atoms with Crippen LogP contribution in [0.2, 0.25) is 10.0 Å². The van der Waals surface area contributed by atoms with Gasteiger partial charge in [0, 0.05) is 17.7 Å². The highest BCUT2D eigenvalue weighted by atomic mass is 35.5. The first-order chi connectivity index (χ1) is 11.6. The molecule has 2 saturated carbocycles. The van der Waals surface area contributed by atoms with Crippen molar-refractivity contribution < 1.29 is 9.53 Å². The fraction of sp³-hybridized carbons (Fsp3) is 0.556. The van der Waals surface area contributed by atoms with Gasteiger partial charge in [-0.25, -0.2) is 5.43 Å². The molecule has 1 amide bonds. The first kappa shape index (κ1) is 17.6. The Morgan fingerprint density at radius 2 is 2.21 bits per heavy atom. The van der Waals surface area contributed by atoms with Crippen LogP contribution in [0.1, 0.15) is 38.5 Å². The second-order valence-corrected chi connectivity index (χ2v) is 7.52. The third-order valence-electron chi connectivity index (χ3n) is 4.95.